The van der Waals surface area contributed by atoms with Crippen LogP contribution in [0.4, 0.5) is 0 Å². The van der Waals surface area contributed by atoms with E-state index >= 15 is 0 Å². The molecule has 1 N–H and O–H groups in total. The van der Waals surface area contributed by atoms with Gasteiger partial charge in [-0.05, 0) is 37.4 Å². The third kappa shape index (κ3) is 3.26. The maximum absolute atomic E-state index is 12.2. The van der Waals surface area contributed by atoms with Crippen LogP contribution in [0.3, 0.4) is 0 Å². The SMILES string of the molecule is Cc1cc(C)cc(C(=O)NCc2cc(-c3cccs3)on2)c1. The first-order chi connectivity index (χ1) is 10.6. The Bertz CT molecular complexity index is 771. The van der Waals surface area contributed by atoms with E-state index in [4.69, 9.17) is 4.52 Å². The maximum atomic E-state index is 12.2. The van der Waals surface area contributed by atoms with Crippen molar-refractivity contribution in [3.05, 3.63) is 64.2 Å². The molecule has 0 spiro atoms. The standard InChI is InChI=1S/C17H16N2O2S/c1-11-6-12(2)8-13(7-11)17(20)18-10-14-9-15(21-19-14)16-4-3-5-22-16/h3-9H,10H2,1-2H3,(H,18,20). The van der Waals surface area contributed by atoms with Crippen LogP contribution in [0.5, 0.6) is 0 Å². The molecule has 5 heteroatoms. The van der Waals surface area contributed by atoms with Crippen LogP contribution in [0.25, 0.3) is 10.6 Å². The zero-order valence-electron chi connectivity index (χ0n) is 12.4. The van der Waals surface area contributed by atoms with Crippen LogP contribution >= 0.6 is 11.3 Å². The van der Waals surface area contributed by atoms with Gasteiger partial charge in [-0.3, -0.25) is 4.79 Å². The largest absolute Gasteiger partial charge is 0.355 e. The van der Waals surface area contributed by atoms with E-state index in [9.17, 15) is 4.79 Å². The Labute approximate surface area is 132 Å². The molecule has 0 saturated heterocycles. The number of aryl methyl sites for hydroxylation is 2. The molecule has 3 aromatic rings. The Morgan fingerprint density at radius 1 is 1.23 bits per heavy atom. The minimum Gasteiger partial charge on any atom is -0.355 e. The van der Waals surface area contributed by atoms with Crippen molar-refractivity contribution in [1.29, 1.82) is 0 Å². The van der Waals surface area contributed by atoms with E-state index in [0.717, 1.165) is 21.8 Å². The molecule has 0 saturated carbocycles. The van der Waals surface area contributed by atoms with Crippen molar-refractivity contribution in [2.45, 2.75) is 20.4 Å². The lowest BCUT2D eigenvalue weighted by atomic mass is 10.1. The van der Waals surface area contributed by atoms with Gasteiger partial charge in [0.25, 0.3) is 5.91 Å². The van der Waals surface area contributed by atoms with E-state index in [1.807, 2.05) is 55.6 Å². The molecule has 1 aromatic carbocycles. The van der Waals surface area contributed by atoms with Crippen molar-refractivity contribution < 1.29 is 9.32 Å². The lowest BCUT2D eigenvalue weighted by Crippen LogP contribution is -2.23. The molecular formula is C17H16N2O2S. The summed E-state index contributed by atoms with van der Waals surface area (Å²) in [6, 6.07) is 11.6. The molecule has 112 valence electrons. The van der Waals surface area contributed by atoms with Gasteiger partial charge in [-0.25, -0.2) is 0 Å². The minimum atomic E-state index is -0.104. The first-order valence-electron chi connectivity index (χ1n) is 6.98. The number of benzene rings is 1. The quantitative estimate of drug-likeness (QED) is 0.793. The Balaban J connectivity index is 1.66. The molecular weight excluding hydrogens is 296 g/mol. The summed E-state index contributed by atoms with van der Waals surface area (Å²) in [5.41, 5.74) is 3.53. The third-order valence-electron chi connectivity index (χ3n) is 3.24. The van der Waals surface area contributed by atoms with Gasteiger partial charge in [0.1, 0.15) is 5.69 Å². The number of nitrogens with zero attached hydrogens (tertiary/aromatic N) is 1. The van der Waals surface area contributed by atoms with Gasteiger partial charge in [0.15, 0.2) is 5.76 Å². The van der Waals surface area contributed by atoms with E-state index in [-0.39, 0.29) is 5.91 Å². The second-order valence-corrected chi connectivity index (χ2v) is 6.17. The van der Waals surface area contributed by atoms with Gasteiger partial charge in [0, 0.05) is 11.6 Å². The lowest BCUT2D eigenvalue weighted by molar-refractivity contribution is 0.0950. The summed E-state index contributed by atoms with van der Waals surface area (Å²) in [6.45, 7) is 4.31. The van der Waals surface area contributed by atoms with E-state index in [0.29, 0.717) is 17.8 Å². The second-order valence-electron chi connectivity index (χ2n) is 5.22. The minimum absolute atomic E-state index is 0.104. The van der Waals surface area contributed by atoms with Crippen molar-refractivity contribution in [2.75, 3.05) is 0 Å². The summed E-state index contributed by atoms with van der Waals surface area (Å²) in [4.78, 5) is 13.2. The van der Waals surface area contributed by atoms with Gasteiger partial charge in [-0.2, -0.15) is 0 Å². The predicted molar refractivity (Wildman–Crippen MR) is 86.9 cm³/mol. The fourth-order valence-corrected chi connectivity index (χ4v) is 2.98. The first kappa shape index (κ1) is 14.5. The van der Waals surface area contributed by atoms with Crippen molar-refractivity contribution >= 4 is 17.2 Å². The van der Waals surface area contributed by atoms with Gasteiger partial charge in [-0.15, -0.1) is 11.3 Å². The highest BCUT2D eigenvalue weighted by Crippen LogP contribution is 2.25. The van der Waals surface area contributed by atoms with E-state index in [1.54, 1.807) is 11.3 Å². The maximum Gasteiger partial charge on any atom is 0.251 e. The fourth-order valence-electron chi connectivity index (χ4n) is 2.31. The van der Waals surface area contributed by atoms with Gasteiger partial charge in [-0.1, -0.05) is 28.4 Å². The van der Waals surface area contributed by atoms with Crippen LogP contribution in [-0.2, 0) is 6.54 Å². The fraction of sp³-hybridized carbons (Fsp3) is 0.176. The number of amides is 1. The van der Waals surface area contributed by atoms with E-state index in [2.05, 4.69) is 10.5 Å². The molecule has 0 aliphatic rings. The van der Waals surface area contributed by atoms with Crippen molar-refractivity contribution in [3.8, 4) is 10.6 Å². The van der Waals surface area contributed by atoms with Crippen LogP contribution < -0.4 is 5.32 Å². The van der Waals surface area contributed by atoms with Crippen molar-refractivity contribution in [3.63, 3.8) is 0 Å². The third-order valence-corrected chi connectivity index (χ3v) is 4.12. The molecule has 2 aromatic heterocycles. The average molecular weight is 312 g/mol. The molecule has 1 amide bonds. The summed E-state index contributed by atoms with van der Waals surface area (Å²) in [5, 5.41) is 8.85. The van der Waals surface area contributed by atoms with E-state index in [1.165, 1.54) is 0 Å². The van der Waals surface area contributed by atoms with Crippen LogP contribution in [-0.4, -0.2) is 11.1 Å². The average Bonchev–Trinajstić information content (AvgIpc) is 3.14. The highest BCUT2D eigenvalue weighted by atomic mass is 32.1. The topological polar surface area (TPSA) is 55.1 Å². The summed E-state index contributed by atoms with van der Waals surface area (Å²) in [6.07, 6.45) is 0. The van der Waals surface area contributed by atoms with Gasteiger partial charge >= 0.3 is 0 Å². The number of aromatic nitrogens is 1. The summed E-state index contributed by atoms with van der Waals surface area (Å²) >= 11 is 1.59. The molecule has 0 fully saturated rings. The van der Waals surface area contributed by atoms with Crippen LogP contribution in [0.15, 0.2) is 46.3 Å². The van der Waals surface area contributed by atoms with Crippen LogP contribution in [0.2, 0.25) is 0 Å². The first-order valence-corrected chi connectivity index (χ1v) is 7.86. The summed E-state index contributed by atoms with van der Waals surface area (Å²) in [7, 11) is 0. The number of rotatable bonds is 4. The summed E-state index contributed by atoms with van der Waals surface area (Å²) < 4.78 is 5.29. The molecule has 0 atom stereocenters. The van der Waals surface area contributed by atoms with Gasteiger partial charge < -0.3 is 9.84 Å². The molecule has 4 nitrogen and oxygen atoms in total. The molecule has 0 aliphatic heterocycles. The van der Waals surface area contributed by atoms with Crippen LogP contribution in [0, 0.1) is 13.8 Å². The highest BCUT2D eigenvalue weighted by molar-refractivity contribution is 7.13. The van der Waals surface area contributed by atoms with Crippen LogP contribution in [0.1, 0.15) is 27.2 Å². The molecule has 22 heavy (non-hydrogen) atoms. The molecule has 0 unspecified atom stereocenters. The monoisotopic (exact) mass is 312 g/mol. The van der Waals surface area contributed by atoms with Crippen molar-refractivity contribution in [1.82, 2.24) is 10.5 Å². The van der Waals surface area contributed by atoms with Crippen molar-refractivity contribution in [2.24, 2.45) is 0 Å². The zero-order chi connectivity index (χ0) is 15.5. The summed E-state index contributed by atoms with van der Waals surface area (Å²) in [5.74, 6) is 0.623. The number of hydrogen-bond donors (Lipinski definition) is 1. The van der Waals surface area contributed by atoms with Gasteiger partial charge in [0.2, 0.25) is 0 Å². The Hall–Kier alpha value is -2.40. The zero-order valence-corrected chi connectivity index (χ0v) is 13.2. The lowest BCUT2D eigenvalue weighted by Gasteiger charge is -2.05. The molecule has 3 rings (SSSR count). The predicted octanol–water partition coefficient (Wildman–Crippen LogP) is 3.95. The number of carbonyl (C=O) groups is 1. The molecule has 0 radical (unpaired) electrons. The Morgan fingerprint density at radius 2 is 2.00 bits per heavy atom. The Morgan fingerprint density at radius 3 is 2.68 bits per heavy atom. The highest BCUT2D eigenvalue weighted by Gasteiger charge is 2.10. The number of carbonyl (C=O) groups excluding carboxylic acids is 1. The molecule has 0 aliphatic carbocycles. The smallest absolute Gasteiger partial charge is 0.251 e. The molecule has 0 bridgehead atoms. The van der Waals surface area contributed by atoms with E-state index < -0.39 is 0 Å². The Kier molecular flexibility index (Phi) is 4.06. The molecule has 2 heterocycles. The second kappa shape index (κ2) is 6.15. The normalized spacial score (nSPS) is 10.6. The number of thiophene rings is 1. The van der Waals surface area contributed by atoms with Gasteiger partial charge in [0.05, 0.1) is 11.4 Å². The number of hydrogen-bond acceptors (Lipinski definition) is 4. The number of nitrogens with one attached hydrogen (secondary N) is 1.